The molecule has 2 aliphatic heterocycles. The molecule has 0 fully saturated rings. The number of carbonyl (C=O) groups is 1. The zero-order chi connectivity index (χ0) is 18.9. The van der Waals surface area contributed by atoms with Gasteiger partial charge in [0.25, 0.3) is 0 Å². The Labute approximate surface area is 162 Å². The third-order valence-electron chi connectivity index (χ3n) is 6.62. The van der Waals surface area contributed by atoms with Crippen LogP contribution in [0.5, 0.6) is 0 Å². The van der Waals surface area contributed by atoms with Gasteiger partial charge in [0.2, 0.25) is 0 Å². The minimum atomic E-state index is -0.733. The summed E-state index contributed by atoms with van der Waals surface area (Å²) in [5.74, 6) is 0.166. The molecule has 4 aromatic rings. The number of nitrogens with one attached hydrogen (secondary N) is 1. The monoisotopic (exact) mass is 367 g/mol. The normalized spacial score (nSPS) is 21.6. The van der Waals surface area contributed by atoms with Crippen LogP contribution in [0.1, 0.15) is 30.0 Å². The topological polar surface area (TPSA) is 50.1 Å². The number of hydrogen-bond acceptors (Lipinski definition) is 2. The lowest BCUT2D eigenvalue weighted by atomic mass is 9.74. The quantitative estimate of drug-likeness (QED) is 0.561. The molecule has 2 aromatic heterocycles. The number of ketones is 1. The summed E-state index contributed by atoms with van der Waals surface area (Å²) in [4.78, 5) is 21.3. The van der Waals surface area contributed by atoms with Crippen molar-refractivity contribution in [1.29, 1.82) is 0 Å². The van der Waals surface area contributed by atoms with E-state index >= 15 is 0 Å². The molecule has 6 rings (SSSR count). The Balaban J connectivity index is 1.61. The summed E-state index contributed by atoms with van der Waals surface area (Å²) in [6, 6.07) is 14.7. The van der Waals surface area contributed by atoms with Gasteiger partial charge in [-0.25, -0.2) is 0 Å². The van der Waals surface area contributed by atoms with E-state index in [2.05, 4.69) is 46.1 Å². The number of para-hydroxylation sites is 2. The minimum absolute atomic E-state index is 0.166. The molecule has 0 bridgehead atoms. The number of hydrogen-bond donors (Lipinski definition) is 1. The Bertz CT molecular complexity index is 1310. The number of aryl methyl sites for hydroxylation is 2. The SMILES string of the molecule is CC1(c2c[nH]c3ccccc23)C(=O)CN=C1c1cn2c3c(cccc13)CCC2. The van der Waals surface area contributed by atoms with Gasteiger partial charge < -0.3 is 9.55 Å². The third-order valence-corrected chi connectivity index (χ3v) is 6.62. The van der Waals surface area contributed by atoms with Gasteiger partial charge in [-0.3, -0.25) is 9.79 Å². The molecule has 1 N–H and O–H groups in total. The number of aromatic amines is 1. The fraction of sp³-hybridized carbons (Fsp3) is 0.250. The van der Waals surface area contributed by atoms with Gasteiger partial charge in [-0.2, -0.15) is 0 Å². The average molecular weight is 367 g/mol. The average Bonchev–Trinajstić information content (AvgIpc) is 3.39. The predicted octanol–water partition coefficient (Wildman–Crippen LogP) is 4.40. The molecule has 1 unspecified atom stereocenters. The standard InChI is InChI=1S/C24H21N3O/c1-24(19-12-25-20-10-3-2-8-17(19)20)21(28)13-26-23(24)18-14-27-11-5-7-15-6-4-9-16(18)22(15)27/h2-4,6,8-10,12,14,25H,5,7,11,13H2,1H3. The van der Waals surface area contributed by atoms with Gasteiger partial charge in [0, 0.05) is 40.8 Å². The summed E-state index contributed by atoms with van der Waals surface area (Å²) in [6.45, 7) is 3.32. The molecule has 4 heterocycles. The lowest BCUT2D eigenvalue weighted by Crippen LogP contribution is -2.37. The molecular weight excluding hydrogens is 346 g/mol. The van der Waals surface area contributed by atoms with E-state index in [1.807, 2.05) is 25.3 Å². The number of Topliss-reactive ketones (excluding diaryl/α,β-unsaturated/α-hetero) is 1. The maximum absolute atomic E-state index is 13.2. The molecule has 138 valence electrons. The molecule has 1 atom stereocenters. The Morgan fingerprint density at radius 2 is 1.96 bits per heavy atom. The molecular formula is C24H21N3O. The molecule has 0 amide bonds. The number of fused-ring (bicyclic) bond motifs is 1. The molecule has 0 aliphatic carbocycles. The van der Waals surface area contributed by atoms with Crippen LogP contribution in [0.3, 0.4) is 0 Å². The number of aromatic nitrogens is 2. The van der Waals surface area contributed by atoms with Crippen molar-refractivity contribution in [2.24, 2.45) is 4.99 Å². The van der Waals surface area contributed by atoms with Gasteiger partial charge in [-0.15, -0.1) is 0 Å². The Morgan fingerprint density at radius 3 is 2.89 bits per heavy atom. The van der Waals surface area contributed by atoms with Crippen LogP contribution >= 0.6 is 0 Å². The number of carbonyl (C=O) groups excluding carboxylic acids is 1. The van der Waals surface area contributed by atoms with Crippen LogP contribution in [0.2, 0.25) is 0 Å². The van der Waals surface area contributed by atoms with Crippen molar-refractivity contribution < 1.29 is 4.79 Å². The van der Waals surface area contributed by atoms with Crippen molar-refractivity contribution in [3.8, 4) is 0 Å². The lowest BCUT2D eigenvalue weighted by Gasteiger charge is -2.24. The Kier molecular flexibility index (Phi) is 3.09. The lowest BCUT2D eigenvalue weighted by molar-refractivity contribution is -0.119. The first kappa shape index (κ1) is 15.9. The highest BCUT2D eigenvalue weighted by Crippen LogP contribution is 2.41. The molecule has 2 aromatic carbocycles. The van der Waals surface area contributed by atoms with E-state index in [-0.39, 0.29) is 12.3 Å². The van der Waals surface area contributed by atoms with Crippen LogP contribution in [0.15, 0.2) is 59.9 Å². The minimum Gasteiger partial charge on any atom is -0.361 e. The largest absolute Gasteiger partial charge is 0.361 e. The number of benzene rings is 2. The molecule has 0 spiro atoms. The molecule has 4 nitrogen and oxygen atoms in total. The first-order valence-electron chi connectivity index (χ1n) is 9.94. The van der Waals surface area contributed by atoms with Crippen molar-refractivity contribution >= 4 is 33.3 Å². The summed E-state index contributed by atoms with van der Waals surface area (Å²) in [7, 11) is 0. The number of rotatable bonds is 2. The summed E-state index contributed by atoms with van der Waals surface area (Å²) in [5.41, 5.74) is 6.07. The van der Waals surface area contributed by atoms with E-state index in [0.29, 0.717) is 0 Å². The Hall–Kier alpha value is -3.14. The van der Waals surface area contributed by atoms with Crippen molar-refractivity contribution in [1.82, 2.24) is 9.55 Å². The fourth-order valence-electron chi connectivity index (χ4n) is 5.16. The second kappa shape index (κ2) is 5.44. The van der Waals surface area contributed by atoms with Crippen molar-refractivity contribution in [3.63, 3.8) is 0 Å². The highest BCUT2D eigenvalue weighted by molar-refractivity contribution is 6.29. The van der Waals surface area contributed by atoms with E-state index in [1.54, 1.807) is 0 Å². The van der Waals surface area contributed by atoms with Crippen LogP contribution in [-0.2, 0) is 23.2 Å². The molecule has 0 saturated carbocycles. The first-order chi connectivity index (χ1) is 13.7. The molecule has 0 saturated heterocycles. The van der Waals surface area contributed by atoms with Gasteiger partial charge in [0.05, 0.1) is 23.2 Å². The fourth-order valence-corrected chi connectivity index (χ4v) is 5.16. The van der Waals surface area contributed by atoms with E-state index < -0.39 is 5.41 Å². The van der Waals surface area contributed by atoms with Gasteiger partial charge in [-0.05, 0) is 37.0 Å². The van der Waals surface area contributed by atoms with Crippen LogP contribution in [0, 0.1) is 0 Å². The van der Waals surface area contributed by atoms with Crippen LogP contribution in [0.4, 0.5) is 0 Å². The van der Waals surface area contributed by atoms with Crippen molar-refractivity contribution in [3.05, 3.63) is 71.5 Å². The van der Waals surface area contributed by atoms with Crippen LogP contribution in [-0.4, -0.2) is 27.6 Å². The van der Waals surface area contributed by atoms with Gasteiger partial charge in [0.15, 0.2) is 5.78 Å². The van der Waals surface area contributed by atoms with Crippen molar-refractivity contribution in [2.45, 2.75) is 31.7 Å². The number of aliphatic imine (C=N–C) groups is 1. The third kappa shape index (κ3) is 1.90. The Morgan fingerprint density at radius 1 is 1.11 bits per heavy atom. The maximum atomic E-state index is 13.2. The number of H-pyrrole nitrogens is 1. The second-order valence-corrected chi connectivity index (χ2v) is 8.11. The van der Waals surface area contributed by atoms with Crippen LogP contribution in [0.25, 0.3) is 21.8 Å². The maximum Gasteiger partial charge on any atom is 0.170 e. The van der Waals surface area contributed by atoms with E-state index in [4.69, 9.17) is 4.99 Å². The van der Waals surface area contributed by atoms with Crippen molar-refractivity contribution in [2.75, 3.05) is 6.54 Å². The second-order valence-electron chi connectivity index (χ2n) is 8.11. The zero-order valence-electron chi connectivity index (χ0n) is 15.8. The van der Waals surface area contributed by atoms with Gasteiger partial charge >= 0.3 is 0 Å². The van der Waals surface area contributed by atoms with Crippen LogP contribution < -0.4 is 0 Å². The van der Waals surface area contributed by atoms with E-state index in [9.17, 15) is 4.79 Å². The van der Waals surface area contributed by atoms with E-state index in [0.717, 1.165) is 47.1 Å². The molecule has 0 radical (unpaired) electrons. The highest BCUT2D eigenvalue weighted by atomic mass is 16.1. The summed E-state index contributed by atoms with van der Waals surface area (Å²) < 4.78 is 2.35. The molecule has 28 heavy (non-hydrogen) atoms. The number of nitrogens with zero attached hydrogens (tertiary/aromatic N) is 2. The summed E-state index contributed by atoms with van der Waals surface area (Å²) in [6.07, 6.45) is 6.49. The van der Waals surface area contributed by atoms with Gasteiger partial charge in [-0.1, -0.05) is 36.4 Å². The highest BCUT2D eigenvalue weighted by Gasteiger charge is 2.46. The van der Waals surface area contributed by atoms with Gasteiger partial charge in [0.1, 0.15) is 0 Å². The molecule has 4 heteroatoms. The summed E-state index contributed by atoms with van der Waals surface area (Å²) >= 11 is 0. The zero-order valence-corrected chi connectivity index (χ0v) is 15.8. The summed E-state index contributed by atoms with van der Waals surface area (Å²) in [5, 5.41) is 2.32. The smallest absolute Gasteiger partial charge is 0.170 e. The molecule has 2 aliphatic rings. The predicted molar refractivity (Wildman–Crippen MR) is 112 cm³/mol. The van der Waals surface area contributed by atoms with E-state index in [1.165, 1.54) is 16.5 Å². The first-order valence-corrected chi connectivity index (χ1v) is 9.94.